The van der Waals surface area contributed by atoms with Crippen molar-refractivity contribution in [2.45, 2.75) is 32.8 Å². The quantitative estimate of drug-likeness (QED) is 0.452. The molecule has 0 bridgehead atoms. The van der Waals surface area contributed by atoms with Gasteiger partial charge in [0.2, 0.25) is 5.91 Å². The molecule has 1 N–H and O–H groups in total. The summed E-state index contributed by atoms with van der Waals surface area (Å²) >= 11 is 6.33. The smallest absolute Gasteiger partial charge is 0.224 e. The molecule has 2 aromatic heterocycles. The summed E-state index contributed by atoms with van der Waals surface area (Å²) in [5, 5.41) is 8.26. The van der Waals surface area contributed by atoms with Gasteiger partial charge >= 0.3 is 0 Å². The Morgan fingerprint density at radius 2 is 1.91 bits per heavy atom. The van der Waals surface area contributed by atoms with E-state index in [1.807, 2.05) is 61.0 Å². The molecule has 0 fully saturated rings. The van der Waals surface area contributed by atoms with Crippen LogP contribution in [0.1, 0.15) is 22.5 Å². The van der Waals surface area contributed by atoms with Crippen molar-refractivity contribution in [3.63, 3.8) is 0 Å². The Hall–Kier alpha value is -3.71. The molecule has 34 heavy (non-hydrogen) atoms. The van der Waals surface area contributed by atoms with Gasteiger partial charge in [-0.3, -0.25) is 4.79 Å². The summed E-state index contributed by atoms with van der Waals surface area (Å²) in [7, 11) is 0. The van der Waals surface area contributed by atoms with Gasteiger partial charge in [0.25, 0.3) is 0 Å². The monoisotopic (exact) mass is 473 g/mol. The average molecular weight is 474 g/mol. The maximum absolute atomic E-state index is 12.8. The van der Waals surface area contributed by atoms with Crippen LogP contribution < -0.4 is 10.1 Å². The second-order valence-electron chi connectivity index (χ2n) is 8.34. The summed E-state index contributed by atoms with van der Waals surface area (Å²) in [6.45, 7) is 4.32. The summed E-state index contributed by atoms with van der Waals surface area (Å²) in [6, 6.07) is 15.4. The molecule has 0 saturated carbocycles. The number of ether oxygens (including phenoxy) is 1. The van der Waals surface area contributed by atoms with Gasteiger partial charge in [0.15, 0.2) is 5.82 Å². The number of nitrogens with zero attached hydrogens (tertiary/aromatic N) is 4. The number of hydrogen-bond donors (Lipinski definition) is 1. The molecule has 2 aromatic carbocycles. The van der Waals surface area contributed by atoms with Gasteiger partial charge < -0.3 is 10.1 Å². The zero-order valence-corrected chi connectivity index (χ0v) is 19.7. The van der Waals surface area contributed by atoms with Crippen molar-refractivity contribution in [1.82, 2.24) is 25.1 Å². The molecule has 8 heteroatoms. The lowest BCUT2D eigenvalue weighted by Crippen LogP contribution is -2.35. The Morgan fingerprint density at radius 3 is 2.68 bits per heavy atom. The van der Waals surface area contributed by atoms with Crippen LogP contribution in [-0.2, 0) is 17.6 Å². The van der Waals surface area contributed by atoms with Crippen LogP contribution in [0.4, 0.5) is 0 Å². The molecule has 1 aliphatic heterocycles. The molecule has 0 aliphatic carbocycles. The van der Waals surface area contributed by atoms with E-state index in [2.05, 4.69) is 20.4 Å². The molecule has 0 spiro atoms. The van der Waals surface area contributed by atoms with E-state index in [1.165, 1.54) is 0 Å². The molecule has 1 aliphatic rings. The van der Waals surface area contributed by atoms with E-state index < -0.39 is 0 Å². The first-order chi connectivity index (χ1) is 16.5. The normalized spacial score (nSPS) is 14.5. The number of carbonyl (C=O) groups excluding carboxylic acids is 1. The number of hydrogen-bond acceptors (Lipinski definition) is 5. The van der Waals surface area contributed by atoms with Crippen LogP contribution in [0.25, 0.3) is 17.1 Å². The number of aromatic nitrogens is 4. The molecule has 172 valence electrons. The van der Waals surface area contributed by atoms with Gasteiger partial charge in [-0.25, -0.2) is 14.6 Å². The average Bonchev–Trinajstić information content (AvgIpc) is 3.39. The van der Waals surface area contributed by atoms with Crippen LogP contribution in [0.3, 0.4) is 0 Å². The SMILES string of the molecule is Cc1nn(-c2ccccc2)c(C)c1CC(=O)NCC1Cc2cc(Cl)cc(-c3ncccn3)c2O1. The molecule has 0 radical (unpaired) electrons. The minimum atomic E-state index is -0.186. The number of carbonyl (C=O) groups is 1. The summed E-state index contributed by atoms with van der Waals surface area (Å²) in [6.07, 6.45) is 4.10. The number of amides is 1. The van der Waals surface area contributed by atoms with E-state index in [-0.39, 0.29) is 18.4 Å². The molecular weight excluding hydrogens is 450 g/mol. The number of fused-ring (bicyclic) bond motifs is 1. The van der Waals surface area contributed by atoms with Crippen molar-refractivity contribution in [1.29, 1.82) is 0 Å². The highest BCUT2D eigenvalue weighted by Gasteiger charge is 2.28. The molecule has 3 heterocycles. The van der Waals surface area contributed by atoms with Crippen LogP contribution in [0.15, 0.2) is 60.9 Å². The second kappa shape index (κ2) is 9.27. The molecular formula is C26H24ClN5O2. The molecule has 4 aromatic rings. The lowest BCUT2D eigenvalue weighted by Gasteiger charge is -2.13. The van der Waals surface area contributed by atoms with Crippen molar-refractivity contribution in [2.75, 3.05) is 6.54 Å². The van der Waals surface area contributed by atoms with Crippen LogP contribution in [0.2, 0.25) is 5.02 Å². The largest absolute Gasteiger partial charge is 0.487 e. The van der Waals surface area contributed by atoms with Gasteiger partial charge in [-0.05, 0) is 44.2 Å². The fourth-order valence-corrected chi connectivity index (χ4v) is 4.56. The molecule has 0 saturated heterocycles. The van der Waals surface area contributed by atoms with Crippen molar-refractivity contribution in [3.05, 3.63) is 88.5 Å². The highest BCUT2D eigenvalue weighted by molar-refractivity contribution is 6.31. The van der Waals surface area contributed by atoms with Gasteiger partial charge in [0.05, 0.1) is 29.9 Å². The Labute approximate surface area is 202 Å². The van der Waals surface area contributed by atoms with Gasteiger partial charge in [-0.2, -0.15) is 5.10 Å². The first-order valence-corrected chi connectivity index (χ1v) is 11.5. The maximum atomic E-state index is 12.8. The maximum Gasteiger partial charge on any atom is 0.224 e. The third-order valence-corrected chi connectivity index (χ3v) is 6.19. The van der Waals surface area contributed by atoms with Crippen molar-refractivity contribution in [2.24, 2.45) is 0 Å². The molecule has 1 unspecified atom stereocenters. The van der Waals surface area contributed by atoms with Gasteiger partial charge in [0.1, 0.15) is 11.9 Å². The van der Waals surface area contributed by atoms with Crippen LogP contribution in [-0.4, -0.2) is 38.3 Å². The predicted molar refractivity (Wildman–Crippen MR) is 130 cm³/mol. The second-order valence-corrected chi connectivity index (χ2v) is 8.77. The number of rotatable bonds is 6. The lowest BCUT2D eigenvalue weighted by atomic mass is 10.1. The summed E-state index contributed by atoms with van der Waals surface area (Å²) in [4.78, 5) is 21.4. The summed E-state index contributed by atoms with van der Waals surface area (Å²) < 4.78 is 8.07. The molecule has 7 nitrogen and oxygen atoms in total. The fraction of sp³-hybridized carbons (Fsp3) is 0.231. The van der Waals surface area contributed by atoms with E-state index in [0.717, 1.165) is 39.5 Å². The van der Waals surface area contributed by atoms with E-state index >= 15 is 0 Å². The van der Waals surface area contributed by atoms with E-state index in [9.17, 15) is 4.79 Å². The Bertz CT molecular complexity index is 1340. The van der Waals surface area contributed by atoms with Crippen molar-refractivity contribution < 1.29 is 9.53 Å². The number of aryl methyl sites for hydroxylation is 1. The summed E-state index contributed by atoms with van der Waals surface area (Å²) in [5.74, 6) is 1.22. The van der Waals surface area contributed by atoms with Gasteiger partial charge in [-0.15, -0.1) is 0 Å². The number of benzene rings is 2. The van der Waals surface area contributed by atoms with Crippen molar-refractivity contribution in [3.8, 4) is 22.8 Å². The fourth-order valence-electron chi connectivity index (χ4n) is 4.31. The third-order valence-electron chi connectivity index (χ3n) is 5.98. The number of para-hydroxylation sites is 1. The highest BCUT2D eigenvalue weighted by Crippen LogP contribution is 2.39. The first-order valence-electron chi connectivity index (χ1n) is 11.1. The van der Waals surface area contributed by atoms with Crippen LogP contribution in [0.5, 0.6) is 5.75 Å². The number of nitrogens with one attached hydrogen (secondary N) is 1. The predicted octanol–water partition coefficient (Wildman–Crippen LogP) is 4.26. The summed E-state index contributed by atoms with van der Waals surface area (Å²) in [5.41, 5.74) is 5.48. The zero-order valence-electron chi connectivity index (χ0n) is 19.0. The standard InChI is InChI=1S/C26H24ClN5O2/c1-16-22(17(2)32(31-16)20-7-4-3-5-8-20)14-24(33)30-15-21-12-18-11-19(27)13-23(25(18)34-21)26-28-9-6-10-29-26/h3-11,13,21H,12,14-15H2,1-2H3,(H,30,33). The molecule has 5 rings (SSSR count). The molecule has 1 atom stereocenters. The van der Waals surface area contributed by atoms with Crippen LogP contribution >= 0.6 is 11.6 Å². The Balaban J connectivity index is 1.25. The van der Waals surface area contributed by atoms with E-state index in [4.69, 9.17) is 16.3 Å². The van der Waals surface area contributed by atoms with Gasteiger partial charge in [-0.1, -0.05) is 29.8 Å². The Morgan fingerprint density at radius 1 is 1.15 bits per heavy atom. The third kappa shape index (κ3) is 4.39. The topological polar surface area (TPSA) is 81.9 Å². The first kappa shape index (κ1) is 22.1. The van der Waals surface area contributed by atoms with Crippen molar-refractivity contribution >= 4 is 17.5 Å². The minimum absolute atomic E-state index is 0.0667. The van der Waals surface area contributed by atoms with Gasteiger partial charge in [0, 0.05) is 40.7 Å². The lowest BCUT2D eigenvalue weighted by molar-refractivity contribution is -0.120. The number of halogens is 1. The minimum Gasteiger partial charge on any atom is -0.487 e. The van der Waals surface area contributed by atoms with Crippen LogP contribution in [0, 0.1) is 13.8 Å². The molecule has 1 amide bonds. The van der Waals surface area contributed by atoms with E-state index in [1.54, 1.807) is 18.5 Å². The Kier molecular flexibility index (Phi) is 6.02. The van der Waals surface area contributed by atoms with E-state index in [0.29, 0.717) is 23.8 Å². The highest BCUT2D eigenvalue weighted by atomic mass is 35.5. The zero-order chi connectivity index (χ0) is 23.7.